The van der Waals surface area contributed by atoms with E-state index in [1.54, 1.807) is 31.3 Å². The maximum Gasteiger partial charge on any atom is 0.242 e. The molecular formula is C12H19NO2S. The number of hydrogen-bond acceptors (Lipinski definition) is 2. The van der Waals surface area contributed by atoms with E-state index in [0.717, 1.165) is 6.42 Å². The van der Waals surface area contributed by atoms with Gasteiger partial charge in [0.1, 0.15) is 0 Å². The largest absolute Gasteiger partial charge is 0.242 e. The average molecular weight is 241 g/mol. The molecule has 0 bridgehead atoms. The molecule has 3 nitrogen and oxygen atoms in total. The molecule has 0 heterocycles. The fraction of sp³-hybridized carbons (Fsp3) is 0.500. The summed E-state index contributed by atoms with van der Waals surface area (Å²) in [6, 6.07) is 8.54. The van der Waals surface area contributed by atoms with E-state index in [4.69, 9.17) is 0 Å². The molecule has 0 saturated carbocycles. The van der Waals surface area contributed by atoms with Crippen LogP contribution in [0.15, 0.2) is 35.2 Å². The normalized spacial score (nSPS) is 12.3. The van der Waals surface area contributed by atoms with Crippen LogP contribution in [0.25, 0.3) is 0 Å². The molecular weight excluding hydrogens is 222 g/mol. The summed E-state index contributed by atoms with van der Waals surface area (Å²) in [5.74, 6) is 0.508. The van der Waals surface area contributed by atoms with Crippen molar-refractivity contribution in [2.75, 3.05) is 13.6 Å². The molecule has 0 fully saturated rings. The molecule has 1 aromatic carbocycles. The molecule has 16 heavy (non-hydrogen) atoms. The minimum absolute atomic E-state index is 0.362. The Hall–Kier alpha value is -0.870. The minimum atomic E-state index is -3.30. The van der Waals surface area contributed by atoms with Gasteiger partial charge in [-0.05, 0) is 24.5 Å². The minimum Gasteiger partial charge on any atom is -0.207 e. The molecule has 0 spiro atoms. The van der Waals surface area contributed by atoms with Gasteiger partial charge in [-0.25, -0.2) is 12.7 Å². The molecule has 0 atom stereocenters. The van der Waals surface area contributed by atoms with Crippen LogP contribution in [-0.2, 0) is 10.0 Å². The van der Waals surface area contributed by atoms with Crippen LogP contribution < -0.4 is 0 Å². The summed E-state index contributed by atoms with van der Waals surface area (Å²) >= 11 is 0. The standard InChI is InChI=1S/C12H19NO2S/c1-11(2)9-10-13(3)16(14,15)12-7-5-4-6-8-12/h4-8,11H,9-10H2,1-3H3. The molecule has 0 aliphatic heterocycles. The monoisotopic (exact) mass is 241 g/mol. The highest BCUT2D eigenvalue weighted by atomic mass is 32.2. The SMILES string of the molecule is CC(C)CCN(C)S(=O)(=O)c1ccccc1. The first-order chi connectivity index (χ1) is 7.44. The Morgan fingerprint density at radius 1 is 1.19 bits per heavy atom. The van der Waals surface area contributed by atoms with Crippen molar-refractivity contribution in [3.8, 4) is 0 Å². The highest BCUT2D eigenvalue weighted by Crippen LogP contribution is 2.14. The van der Waals surface area contributed by atoms with Crippen molar-refractivity contribution < 1.29 is 8.42 Å². The van der Waals surface area contributed by atoms with Crippen LogP contribution >= 0.6 is 0 Å². The van der Waals surface area contributed by atoms with Crippen molar-refractivity contribution >= 4 is 10.0 Å². The number of hydrogen-bond donors (Lipinski definition) is 0. The second-order valence-corrected chi connectivity index (χ2v) is 6.37. The van der Waals surface area contributed by atoms with E-state index in [9.17, 15) is 8.42 Å². The van der Waals surface area contributed by atoms with E-state index in [0.29, 0.717) is 17.4 Å². The maximum absolute atomic E-state index is 12.1. The third kappa shape index (κ3) is 3.32. The molecule has 0 unspecified atom stereocenters. The quantitative estimate of drug-likeness (QED) is 0.793. The van der Waals surface area contributed by atoms with Gasteiger partial charge in [0.05, 0.1) is 4.90 Å². The van der Waals surface area contributed by atoms with Crippen LogP contribution in [0.4, 0.5) is 0 Å². The van der Waals surface area contributed by atoms with E-state index in [1.165, 1.54) is 4.31 Å². The van der Waals surface area contributed by atoms with E-state index in [1.807, 2.05) is 6.07 Å². The van der Waals surface area contributed by atoms with Gasteiger partial charge in [-0.2, -0.15) is 0 Å². The van der Waals surface area contributed by atoms with Crippen molar-refractivity contribution in [1.82, 2.24) is 4.31 Å². The molecule has 1 rings (SSSR count). The zero-order chi connectivity index (χ0) is 12.2. The number of benzene rings is 1. The summed E-state index contributed by atoms with van der Waals surface area (Å²) in [5, 5.41) is 0. The Morgan fingerprint density at radius 3 is 2.25 bits per heavy atom. The number of rotatable bonds is 5. The van der Waals surface area contributed by atoms with Gasteiger partial charge in [0.2, 0.25) is 10.0 Å². The Bertz CT molecular complexity index is 412. The lowest BCUT2D eigenvalue weighted by Crippen LogP contribution is -2.28. The Kier molecular flexibility index (Phi) is 4.50. The zero-order valence-electron chi connectivity index (χ0n) is 10.1. The first-order valence-corrected chi connectivity index (χ1v) is 6.90. The molecule has 0 amide bonds. The van der Waals surface area contributed by atoms with Gasteiger partial charge in [-0.3, -0.25) is 0 Å². The Labute approximate surface area is 98.1 Å². The topological polar surface area (TPSA) is 37.4 Å². The van der Waals surface area contributed by atoms with Crippen LogP contribution in [0.5, 0.6) is 0 Å². The van der Waals surface area contributed by atoms with Gasteiger partial charge < -0.3 is 0 Å². The molecule has 90 valence electrons. The van der Waals surface area contributed by atoms with E-state index in [2.05, 4.69) is 13.8 Å². The van der Waals surface area contributed by atoms with Crippen molar-refractivity contribution in [3.05, 3.63) is 30.3 Å². The van der Waals surface area contributed by atoms with Gasteiger partial charge in [-0.15, -0.1) is 0 Å². The molecule has 4 heteroatoms. The van der Waals surface area contributed by atoms with E-state index >= 15 is 0 Å². The third-order valence-corrected chi connectivity index (χ3v) is 4.34. The van der Waals surface area contributed by atoms with Crippen molar-refractivity contribution in [2.24, 2.45) is 5.92 Å². The summed E-state index contributed by atoms with van der Waals surface area (Å²) in [6.07, 6.45) is 0.878. The summed E-state index contributed by atoms with van der Waals surface area (Å²) in [6.45, 7) is 4.74. The predicted molar refractivity (Wildman–Crippen MR) is 65.7 cm³/mol. The van der Waals surface area contributed by atoms with E-state index in [-0.39, 0.29) is 0 Å². The van der Waals surface area contributed by atoms with Gasteiger partial charge in [0.25, 0.3) is 0 Å². The summed E-state index contributed by atoms with van der Waals surface area (Å²) in [5.41, 5.74) is 0. The van der Waals surface area contributed by atoms with Crippen LogP contribution in [0, 0.1) is 5.92 Å². The molecule has 0 N–H and O–H groups in total. The van der Waals surface area contributed by atoms with Gasteiger partial charge in [0.15, 0.2) is 0 Å². The van der Waals surface area contributed by atoms with Crippen LogP contribution in [0.1, 0.15) is 20.3 Å². The van der Waals surface area contributed by atoms with Gasteiger partial charge in [-0.1, -0.05) is 32.0 Å². The highest BCUT2D eigenvalue weighted by Gasteiger charge is 2.19. The van der Waals surface area contributed by atoms with E-state index < -0.39 is 10.0 Å². The summed E-state index contributed by atoms with van der Waals surface area (Å²) in [4.78, 5) is 0.362. The van der Waals surface area contributed by atoms with Crippen LogP contribution in [-0.4, -0.2) is 26.3 Å². The fourth-order valence-electron chi connectivity index (χ4n) is 1.33. The average Bonchev–Trinajstić information content (AvgIpc) is 2.27. The molecule has 0 aliphatic rings. The molecule has 0 aromatic heterocycles. The fourth-order valence-corrected chi connectivity index (χ4v) is 2.54. The highest BCUT2D eigenvalue weighted by molar-refractivity contribution is 7.89. The van der Waals surface area contributed by atoms with Gasteiger partial charge >= 0.3 is 0 Å². The lowest BCUT2D eigenvalue weighted by Gasteiger charge is -2.18. The number of nitrogens with zero attached hydrogens (tertiary/aromatic N) is 1. The lowest BCUT2D eigenvalue weighted by atomic mass is 10.1. The Balaban J connectivity index is 2.79. The zero-order valence-corrected chi connectivity index (χ0v) is 10.9. The molecule has 0 radical (unpaired) electrons. The van der Waals surface area contributed by atoms with Crippen molar-refractivity contribution in [2.45, 2.75) is 25.2 Å². The van der Waals surface area contributed by atoms with Crippen molar-refractivity contribution in [3.63, 3.8) is 0 Å². The first kappa shape index (κ1) is 13.2. The molecule has 0 aliphatic carbocycles. The second kappa shape index (κ2) is 5.46. The molecule has 0 saturated heterocycles. The molecule has 1 aromatic rings. The maximum atomic E-state index is 12.1. The summed E-state index contributed by atoms with van der Waals surface area (Å²) in [7, 11) is -1.67. The summed E-state index contributed by atoms with van der Waals surface area (Å²) < 4.78 is 25.6. The van der Waals surface area contributed by atoms with Crippen LogP contribution in [0.3, 0.4) is 0 Å². The third-order valence-electron chi connectivity index (χ3n) is 2.47. The smallest absolute Gasteiger partial charge is 0.207 e. The predicted octanol–water partition coefficient (Wildman–Crippen LogP) is 2.35. The van der Waals surface area contributed by atoms with Crippen molar-refractivity contribution in [1.29, 1.82) is 0 Å². The first-order valence-electron chi connectivity index (χ1n) is 5.46. The van der Waals surface area contributed by atoms with Gasteiger partial charge in [0, 0.05) is 13.6 Å². The Morgan fingerprint density at radius 2 is 1.75 bits per heavy atom. The second-order valence-electron chi connectivity index (χ2n) is 4.32. The number of sulfonamides is 1. The van der Waals surface area contributed by atoms with Crippen LogP contribution in [0.2, 0.25) is 0 Å². The lowest BCUT2D eigenvalue weighted by molar-refractivity contribution is 0.428.